The zero-order valence-corrected chi connectivity index (χ0v) is 17.1. The number of amides is 1. The molecule has 28 heavy (non-hydrogen) atoms. The van der Waals surface area contributed by atoms with E-state index in [4.69, 9.17) is 16.0 Å². The maximum atomic E-state index is 12.4. The second-order valence-electron chi connectivity index (χ2n) is 6.94. The molecule has 0 unspecified atom stereocenters. The third-order valence-corrected chi connectivity index (χ3v) is 4.79. The number of aromatic nitrogens is 1. The highest BCUT2D eigenvalue weighted by Crippen LogP contribution is 2.23. The highest BCUT2D eigenvalue weighted by molar-refractivity contribution is 6.30. The van der Waals surface area contributed by atoms with Gasteiger partial charge in [-0.1, -0.05) is 23.7 Å². The van der Waals surface area contributed by atoms with Crippen LogP contribution in [-0.2, 0) is 17.8 Å². The second kappa shape index (κ2) is 8.93. The topological polar surface area (TPSA) is 49.6 Å². The third kappa shape index (κ3) is 5.14. The van der Waals surface area contributed by atoms with Crippen molar-refractivity contribution in [3.8, 4) is 11.3 Å². The highest BCUT2D eigenvalue weighted by Gasteiger charge is 2.13. The Kier molecular flexibility index (Phi) is 6.37. The average molecular weight is 398 g/mol. The van der Waals surface area contributed by atoms with Crippen molar-refractivity contribution in [2.45, 2.75) is 19.4 Å². The van der Waals surface area contributed by atoms with Gasteiger partial charge in [0.1, 0.15) is 0 Å². The molecule has 0 spiro atoms. The second-order valence-corrected chi connectivity index (χ2v) is 7.37. The zero-order valence-electron chi connectivity index (χ0n) is 16.4. The van der Waals surface area contributed by atoms with Crippen LogP contribution in [0.25, 0.3) is 11.3 Å². The van der Waals surface area contributed by atoms with Crippen LogP contribution in [0.1, 0.15) is 17.9 Å². The zero-order chi connectivity index (χ0) is 20.1. The maximum absolute atomic E-state index is 12.4. The Morgan fingerprint density at radius 1 is 1.04 bits per heavy atom. The third-order valence-electron chi connectivity index (χ3n) is 4.53. The molecule has 1 amide bonds. The van der Waals surface area contributed by atoms with Gasteiger partial charge < -0.3 is 14.2 Å². The van der Waals surface area contributed by atoms with Crippen LogP contribution in [0.5, 0.6) is 0 Å². The monoisotopic (exact) mass is 397 g/mol. The minimum Gasteiger partial charge on any atom is -0.441 e. The Morgan fingerprint density at radius 3 is 2.36 bits per heavy atom. The number of aryl methyl sites for hydroxylation is 1. The molecule has 6 heteroatoms. The van der Waals surface area contributed by atoms with E-state index in [0.717, 1.165) is 16.8 Å². The summed E-state index contributed by atoms with van der Waals surface area (Å²) < 4.78 is 5.76. The summed E-state index contributed by atoms with van der Waals surface area (Å²) in [5.41, 5.74) is 3.15. The predicted molar refractivity (Wildman–Crippen MR) is 113 cm³/mol. The lowest BCUT2D eigenvalue weighted by Gasteiger charge is -2.18. The van der Waals surface area contributed by atoms with Crippen molar-refractivity contribution in [2.75, 3.05) is 26.0 Å². The van der Waals surface area contributed by atoms with Crippen molar-refractivity contribution in [2.24, 2.45) is 0 Å². The van der Waals surface area contributed by atoms with Gasteiger partial charge in [-0.3, -0.25) is 4.79 Å². The molecule has 0 aliphatic rings. The molecule has 3 aromatic rings. The molecule has 0 bridgehead atoms. The summed E-state index contributed by atoms with van der Waals surface area (Å²) >= 11 is 5.91. The number of benzene rings is 2. The molecular weight excluding hydrogens is 374 g/mol. The first-order valence-electron chi connectivity index (χ1n) is 9.13. The number of anilines is 1. The van der Waals surface area contributed by atoms with E-state index in [1.165, 1.54) is 0 Å². The minimum absolute atomic E-state index is 0.0583. The van der Waals surface area contributed by atoms with E-state index in [1.54, 1.807) is 11.1 Å². The van der Waals surface area contributed by atoms with Crippen LogP contribution in [0.2, 0.25) is 5.02 Å². The molecule has 3 rings (SSSR count). The standard InChI is InChI=1S/C22H24ClN3O2/c1-25(2)19-10-4-16(5-11-19)15-26(3)22(27)13-12-21-24-14-20(28-21)17-6-8-18(23)9-7-17/h4-11,14H,12-13,15H2,1-3H3. The molecule has 0 aliphatic carbocycles. The van der Waals surface area contributed by atoms with E-state index >= 15 is 0 Å². The number of hydrogen-bond acceptors (Lipinski definition) is 4. The van der Waals surface area contributed by atoms with Crippen molar-refractivity contribution < 1.29 is 9.21 Å². The SMILES string of the molecule is CN(Cc1ccc(N(C)C)cc1)C(=O)CCc1ncc(-c2ccc(Cl)cc2)o1. The molecule has 1 aromatic heterocycles. The van der Waals surface area contributed by atoms with Gasteiger partial charge in [-0.2, -0.15) is 0 Å². The van der Waals surface area contributed by atoms with Crippen molar-refractivity contribution in [3.05, 3.63) is 71.2 Å². The first-order chi connectivity index (χ1) is 13.4. The fourth-order valence-electron chi connectivity index (χ4n) is 2.84. The van der Waals surface area contributed by atoms with Gasteiger partial charge >= 0.3 is 0 Å². The van der Waals surface area contributed by atoms with E-state index in [-0.39, 0.29) is 5.91 Å². The van der Waals surface area contributed by atoms with Crippen molar-refractivity contribution in [3.63, 3.8) is 0 Å². The van der Waals surface area contributed by atoms with Crippen LogP contribution in [0.4, 0.5) is 5.69 Å². The van der Waals surface area contributed by atoms with Gasteiger partial charge in [0, 0.05) is 56.8 Å². The number of hydrogen-bond donors (Lipinski definition) is 0. The van der Waals surface area contributed by atoms with Crippen molar-refractivity contribution in [1.82, 2.24) is 9.88 Å². The van der Waals surface area contributed by atoms with E-state index in [1.807, 2.05) is 62.4 Å². The first kappa shape index (κ1) is 20.0. The Morgan fingerprint density at radius 2 is 1.71 bits per heavy atom. The molecule has 0 saturated heterocycles. The summed E-state index contributed by atoms with van der Waals surface area (Å²) in [4.78, 5) is 20.5. The molecule has 0 atom stereocenters. The van der Waals surface area contributed by atoms with E-state index in [0.29, 0.717) is 36.1 Å². The van der Waals surface area contributed by atoms with Crippen molar-refractivity contribution >= 4 is 23.2 Å². The smallest absolute Gasteiger partial charge is 0.223 e. The first-order valence-corrected chi connectivity index (χ1v) is 9.51. The lowest BCUT2D eigenvalue weighted by molar-refractivity contribution is -0.130. The fourth-order valence-corrected chi connectivity index (χ4v) is 2.97. The Balaban J connectivity index is 1.52. The highest BCUT2D eigenvalue weighted by atomic mass is 35.5. The van der Waals surface area contributed by atoms with Gasteiger partial charge in [0.05, 0.1) is 6.20 Å². The molecule has 2 aromatic carbocycles. The maximum Gasteiger partial charge on any atom is 0.223 e. The summed E-state index contributed by atoms with van der Waals surface area (Å²) in [6.45, 7) is 0.578. The molecule has 1 heterocycles. The lowest BCUT2D eigenvalue weighted by atomic mass is 10.2. The molecule has 5 nitrogen and oxygen atoms in total. The summed E-state index contributed by atoms with van der Waals surface area (Å²) in [6.07, 6.45) is 2.50. The van der Waals surface area contributed by atoms with Gasteiger partial charge in [-0.15, -0.1) is 0 Å². The molecule has 146 valence electrons. The normalized spacial score (nSPS) is 10.7. The summed E-state index contributed by atoms with van der Waals surface area (Å²) in [6, 6.07) is 15.6. The average Bonchev–Trinajstić information content (AvgIpc) is 3.16. The van der Waals surface area contributed by atoms with Crippen LogP contribution in [-0.4, -0.2) is 36.9 Å². The molecule has 0 saturated carbocycles. The van der Waals surface area contributed by atoms with Gasteiger partial charge in [0.15, 0.2) is 11.7 Å². The molecular formula is C22H24ClN3O2. The van der Waals surface area contributed by atoms with Gasteiger partial charge in [0.2, 0.25) is 5.91 Å². The van der Waals surface area contributed by atoms with Crippen LogP contribution >= 0.6 is 11.6 Å². The Bertz CT molecular complexity index is 918. The van der Waals surface area contributed by atoms with Crippen LogP contribution < -0.4 is 4.90 Å². The van der Waals surface area contributed by atoms with Crippen LogP contribution in [0, 0.1) is 0 Å². The summed E-state index contributed by atoms with van der Waals surface area (Å²) in [7, 11) is 5.83. The number of oxazole rings is 1. The number of nitrogens with zero attached hydrogens (tertiary/aromatic N) is 3. The Labute approximate surface area is 170 Å². The van der Waals surface area contributed by atoms with E-state index < -0.39 is 0 Å². The van der Waals surface area contributed by atoms with Crippen LogP contribution in [0.3, 0.4) is 0 Å². The van der Waals surface area contributed by atoms with Crippen molar-refractivity contribution in [1.29, 1.82) is 0 Å². The number of rotatable bonds is 7. The number of carbonyl (C=O) groups is 1. The largest absolute Gasteiger partial charge is 0.441 e. The molecule has 0 radical (unpaired) electrons. The summed E-state index contributed by atoms with van der Waals surface area (Å²) in [5.74, 6) is 1.29. The van der Waals surface area contributed by atoms with Gasteiger partial charge in [0.25, 0.3) is 0 Å². The fraction of sp³-hybridized carbons (Fsp3) is 0.273. The lowest BCUT2D eigenvalue weighted by Crippen LogP contribution is -2.26. The number of carbonyl (C=O) groups excluding carboxylic acids is 1. The quantitative estimate of drug-likeness (QED) is 0.582. The molecule has 0 fully saturated rings. The summed E-state index contributed by atoms with van der Waals surface area (Å²) in [5, 5.41) is 0.675. The number of halogens is 1. The van der Waals surface area contributed by atoms with E-state index in [9.17, 15) is 4.79 Å². The van der Waals surface area contributed by atoms with Crippen LogP contribution in [0.15, 0.2) is 59.1 Å². The molecule has 0 aliphatic heterocycles. The minimum atomic E-state index is 0.0583. The van der Waals surface area contributed by atoms with Gasteiger partial charge in [-0.25, -0.2) is 4.98 Å². The Hall–Kier alpha value is -2.79. The van der Waals surface area contributed by atoms with Gasteiger partial charge in [-0.05, 0) is 42.0 Å². The van der Waals surface area contributed by atoms with E-state index in [2.05, 4.69) is 17.1 Å². The predicted octanol–water partition coefficient (Wildman–Crippen LogP) is 4.65. The molecule has 0 N–H and O–H groups in total.